The predicted octanol–water partition coefficient (Wildman–Crippen LogP) is 5.78. The SMILES string of the molecule is Cc1cncn1CCCn1cc(C2=C(c3ccc(OCCCCN4CCN(c5ccccc5)CC4)cc3)C(=O)NC2=O)c2ccccc21. The summed E-state index contributed by atoms with van der Waals surface area (Å²) in [5.74, 6) is 0.0151. The van der Waals surface area contributed by atoms with Crippen LogP contribution in [0.1, 0.15) is 36.1 Å². The maximum Gasteiger partial charge on any atom is 0.259 e. The Bertz CT molecular complexity index is 1920. The van der Waals surface area contributed by atoms with Crippen molar-refractivity contribution in [3.63, 3.8) is 0 Å². The number of unbranched alkanes of at least 4 members (excludes halogenated alkanes) is 1. The van der Waals surface area contributed by atoms with E-state index in [1.54, 1.807) is 0 Å². The third kappa shape index (κ3) is 6.78. The van der Waals surface area contributed by atoms with Gasteiger partial charge in [-0.2, -0.15) is 0 Å². The number of imide groups is 1. The van der Waals surface area contributed by atoms with Gasteiger partial charge in [-0.3, -0.25) is 19.8 Å². The average molecular weight is 643 g/mol. The molecule has 48 heavy (non-hydrogen) atoms. The summed E-state index contributed by atoms with van der Waals surface area (Å²) in [6, 6.07) is 26.2. The summed E-state index contributed by atoms with van der Waals surface area (Å²) >= 11 is 0. The molecule has 1 fully saturated rings. The largest absolute Gasteiger partial charge is 0.494 e. The zero-order chi connectivity index (χ0) is 32.9. The number of hydrogen-bond donors (Lipinski definition) is 1. The number of piperazine rings is 1. The normalized spacial score (nSPS) is 15.5. The van der Waals surface area contributed by atoms with E-state index in [0.717, 1.165) is 93.0 Å². The van der Waals surface area contributed by atoms with Crippen LogP contribution in [0.3, 0.4) is 0 Å². The number of rotatable bonds is 13. The number of anilines is 1. The number of nitrogens with one attached hydrogen (secondary N) is 1. The first-order chi connectivity index (χ1) is 23.5. The van der Waals surface area contributed by atoms with Crippen LogP contribution in [-0.2, 0) is 22.7 Å². The van der Waals surface area contributed by atoms with Crippen LogP contribution in [0, 0.1) is 6.92 Å². The third-order valence-electron chi connectivity index (χ3n) is 9.48. The Morgan fingerprint density at radius 2 is 1.48 bits per heavy atom. The zero-order valence-corrected chi connectivity index (χ0v) is 27.5. The molecule has 7 rings (SSSR count). The number of aromatic nitrogens is 3. The van der Waals surface area contributed by atoms with E-state index in [1.807, 2.05) is 61.2 Å². The fraction of sp³-hybridized carbons (Fsp3) is 0.308. The zero-order valence-electron chi connectivity index (χ0n) is 27.5. The molecular formula is C39H42N6O3. The first-order valence-corrected chi connectivity index (χ1v) is 17.0. The monoisotopic (exact) mass is 642 g/mol. The van der Waals surface area contributed by atoms with Crippen molar-refractivity contribution >= 4 is 39.6 Å². The van der Waals surface area contributed by atoms with Gasteiger partial charge in [-0.1, -0.05) is 48.5 Å². The van der Waals surface area contributed by atoms with Crippen LogP contribution in [0.5, 0.6) is 5.75 Å². The summed E-state index contributed by atoms with van der Waals surface area (Å²) in [4.78, 5) is 35.6. The van der Waals surface area contributed by atoms with Crippen molar-refractivity contribution in [1.29, 1.82) is 0 Å². The van der Waals surface area contributed by atoms with Gasteiger partial charge in [-0.15, -0.1) is 0 Å². The lowest BCUT2D eigenvalue weighted by molar-refractivity contribution is -0.122. The maximum absolute atomic E-state index is 13.3. The molecule has 0 spiro atoms. The number of para-hydroxylation sites is 2. The molecule has 0 aliphatic carbocycles. The quantitative estimate of drug-likeness (QED) is 0.129. The van der Waals surface area contributed by atoms with Gasteiger partial charge < -0.3 is 18.8 Å². The standard InChI is InChI=1S/C39H42N6O3/c1-29-26-40-28-45(29)20-9-19-44-27-34(33-12-5-6-13-35(33)44)37-36(38(46)41-39(37)47)30-14-16-32(17-15-30)48-25-8-7-18-42-21-23-43(24-22-42)31-10-3-2-4-11-31/h2-6,10-17,26-28H,7-9,18-25H2,1H3,(H,41,46,47). The molecule has 1 saturated heterocycles. The number of benzene rings is 3. The molecule has 5 aromatic rings. The summed E-state index contributed by atoms with van der Waals surface area (Å²) < 4.78 is 10.4. The molecule has 0 unspecified atom stereocenters. The van der Waals surface area contributed by atoms with Crippen LogP contribution < -0.4 is 15.0 Å². The molecule has 9 nitrogen and oxygen atoms in total. The predicted molar refractivity (Wildman–Crippen MR) is 190 cm³/mol. The molecular weight excluding hydrogens is 600 g/mol. The Hall–Kier alpha value is -5.15. The number of fused-ring (bicyclic) bond motifs is 1. The second-order valence-corrected chi connectivity index (χ2v) is 12.6. The van der Waals surface area contributed by atoms with Crippen molar-refractivity contribution in [3.05, 3.63) is 114 Å². The molecule has 0 radical (unpaired) electrons. The Labute approximate surface area is 281 Å². The van der Waals surface area contributed by atoms with Crippen molar-refractivity contribution in [3.8, 4) is 5.75 Å². The molecule has 2 aliphatic rings. The number of carbonyl (C=O) groups excluding carboxylic acids is 2. The first-order valence-electron chi connectivity index (χ1n) is 17.0. The molecule has 0 bridgehead atoms. The van der Waals surface area contributed by atoms with Gasteiger partial charge >= 0.3 is 0 Å². The van der Waals surface area contributed by atoms with Gasteiger partial charge in [0.1, 0.15) is 5.75 Å². The minimum Gasteiger partial charge on any atom is -0.494 e. The highest BCUT2D eigenvalue weighted by Gasteiger charge is 2.34. The summed E-state index contributed by atoms with van der Waals surface area (Å²) in [6.45, 7) is 9.66. The van der Waals surface area contributed by atoms with Gasteiger partial charge in [-0.05, 0) is 68.6 Å². The Balaban J connectivity index is 0.971. The average Bonchev–Trinajstić information content (AvgIpc) is 3.79. The van der Waals surface area contributed by atoms with Crippen LogP contribution in [0.4, 0.5) is 5.69 Å². The summed E-state index contributed by atoms with van der Waals surface area (Å²) in [5, 5.41) is 3.50. The smallest absolute Gasteiger partial charge is 0.259 e. The van der Waals surface area contributed by atoms with Crippen LogP contribution in [0.15, 0.2) is 97.6 Å². The van der Waals surface area contributed by atoms with E-state index in [0.29, 0.717) is 23.3 Å². The van der Waals surface area contributed by atoms with Crippen molar-refractivity contribution in [2.45, 2.75) is 39.3 Å². The minimum absolute atomic E-state index is 0.367. The second-order valence-electron chi connectivity index (χ2n) is 12.6. The highest BCUT2D eigenvalue weighted by Crippen LogP contribution is 2.36. The lowest BCUT2D eigenvalue weighted by Crippen LogP contribution is -2.46. The fourth-order valence-corrected chi connectivity index (χ4v) is 6.86. The molecule has 4 heterocycles. The Kier molecular flexibility index (Phi) is 9.38. The lowest BCUT2D eigenvalue weighted by atomic mass is 9.96. The van der Waals surface area contributed by atoms with E-state index in [4.69, 9.17) is 4.74 Å². The van der Waals surface area contributed by atoms with Gasteiger partial charge in [0.2, 0.25) is 0 Å². The van der Waals surface area contributed by atoms with Crippen LogP contribution in [-0.4, -0.2) is 70.2 Å². The third-order valence-corrected chi connectivity index (χ3v) is 9.48. The number of ether oxygens (including phenoxy) is 1. The molecule has 0 saturated carbocycles. The number of amides is 2. The van der Waals surface area contributed by atoms with Gasteiger partial charge in [0.15, 0.2) is 0 Å². The van der Waals surface area contributed by atoms with Crippen molar-refractivity contribution < 1.29 is 14.3 Å². The molecule has 1 N–H and O–H groups in total. The Morgan fingerprint density at radius 3 is 2.25 bits per heavy atom. The molecule has 0 atom stereocenters. The molecule has 9 heteroatoms. The van der Waals surface area contributed by atoms with E-state index in [9.17, 15) is 9.59 Å². The molecule has 2 aliphatic heterocycles. The van der Waals surface area contributed by atoms with Gasteiger partial charge in [0.05, 0.1) is 24.1 Å². The molecule has 3 aromatic carbocycles. The number of carbonyl (C=O) groups is 2. The molecule has 246 valence electrons. The minimum atomic E-state index is -0.374. The topological polar surface area (TPSA) is 84.6 Å². The van der Waals surface area contributed by atoms with Gasteiger partial charge in [0.25, 0.3) is 11.8 Å². The summed E-state index contributed by atoms with van der Waals surface area (Å²) in [6.07, 6.45) is 8.69. The molecule has 2 aromatic heterocycles. The van der Waals surface area contributed by atoms with Gasteiger partial charge in [-0.25, -0.2) is 4.98 Å². The van der Waals surface area contributed by atoms with Crippen LogP contribution >= 0.6 is 0 Å². The number of nitrogens with zero attached hydrogens (tertiary/aromatic N) is 5. The van der Waals surface area contributed by atoms with Crippen molar-refractivity contribution in [1.82, 2.24) is 24.3 Å². The number of aryl methyl sites for hydroxylation is 3. The lowest BCUT2D eigenvalue weighted by Gasteiger charge is -2.36. The Morgan fingerprint density at radius 1 is 0.750 bits per heavy atom. The summed E-state index contributed by atoms with van der Waals surface area (Å²) in [5.41, 5.74) is 5.75. The van der Waals surface area contributed by atoms with Crippen molar-refractivity contribution in [2.75, 3.05) is 44.2 Å². The van der Waals surface area contributed by atoms with E-state index in [-0.39, 0.29) is 11.8 Å². The maximum atomic E-state index is 13.3. The van der Waals surface area contributed by atoms with E-state index in [1.165, 1.54) is 5.69 Å². The van der Waals surface area contributed by atoms with Gasteiger partial charge in [0, 0.05) is 79.5 Å². The highest BCUT2D eigenvalue weighted by atomic mass is 16.5. The van der Waals surface area contributed by atoms with Crippen LogP contribution in [0.2, 0.25) is 0 Å². The first kappa shape index (κ1) is 31.4. The van der Waals surface area contributed by atoms with E-state index < -0.39 is 0 Å². The number of hydrogen-bond acceptors (Lipinski definition) is 6. The molecule has 2 amide bonds. The van der Waals surface area contributed by atoms with E-state index in [2.05, 4.69) is 72.6 Å². The second kappa shape index (κ2) is 14.3. The van der Waals surface area contributed by atoms with E-state index >= 15 is 0 Å². The number of imidazole rings is 1. The highest BCUT2D eigenvalue weighted by molar-refractivity contribution is 6.50. The van der Waals surface area contributed by atoms with Crippen molar-refractivity contribution in [2.24, 2.45) is 0 Å². The summed E-state index contributed by atoms with van der Waals surface area (Å²) in [7, 11) is 0. The van der Waals surface area contributed by atoms with Crippen LogP contribution in [0.25, 0.3) is 22.0 Å². The fourth-order valence-electron chi connectivity index (χ4n) is 6.86.